The number of carbonyl (C=O) groups excluding carboxylic acids is 2. The number of nitrogens with zero attached hydrogens (tertiary/aromatic N) is 2. The number of nitrogens with one attached hydrogen (secondary N) is 1. The van der Waals surface area contributed by atoms with Crippen molar-refractivity contribution in [1.82, 2.24) is 14.9 Å². The molecule has 0 saturated heterocycles. The number of hydrogen-bond donors (Lipinski definition) is 2. The van der Waals surface area contributed by atoms with E-state index in [0.717, 1.165) is 0 Å². The van der Waals surface area contributed by atoms with E-state index in [1.54, 1.807) is 32.4 Å². The van der Waals surface area contributed by atoms with E-state index >= 15 is 0 Å². The van der Waals surface area contributed by atoms with Gasteiger partial charge in [-0.2, -0.15) is 0 Å². The molecule has 1 heterocycles. The van der Waals surface area contributed by atoms with E-state index < -0.39 is 11.4 Å². The Bertz CT molecular complexity index is 479. The van der Waals surface area contributed by atoms with E-state index in [4.69, 9.17) is 10.5 Å². The summed E-state index contributed by atoms with van der Waals surface area (Å²) in [6, 6.07) is 0. The Balaban J connectivity index is 2.93. The molecule has 0 fully saturated rings. The summed E-state index contributed by atoms with van der Waals surface area (Å²) in [5, 5.41) is 2.59. The van der Waals surface area contributed by atoms with Gasteiger partial charge in [-0.15, -0.1) is 0 Å². The number of hydrogen-bond acceptors (Lipinski definition) is 5. The SMILES string of the molecule is CCOC(=O)c1ncn(CC(C)(C)C(=O)NC)c1N. The van der Waals surface area contributed by atoms with Gasteiger partial charge in [-0.05, 0) is 20.8 Å². The van der Waals surface area contributed by atoms with Crippen LogP contribution in [0.25, 0.3) is 0 Å². The lowest BCUT2D eigenvalue weighted by molar-refractivity contribution is -0.129. The fourth-order valence-electron chi connectivity index (χ4n) is 1.71. The predicted molar refractivity (Wildman–Crippen MR) is 70.4 cm³/mol. The van der Waals surface area contributed by atoms with Gasteiger partial charge in [0.05, 0.1) is 18.3 Å². The molecule has 0 aliphatic rings. The summed E-state index contributed by atoms with van der Waals surface area (Å²) in [5.74, 6) is -0.467. The second kappa shape index (κ2) is 5.73. The Labute approximate surface area is 112 Å². The average molecular weight is 268 g/mol. The molecule has 0 radical (unpaired) electrons. The van der Waals surface area contributed by atoms with Crippen LogP contribution in [0.1, 0.15) is 31.3 Å². The van der Waals surface area contributed by atoms with Gasteiger partial charge in [0, 0.05) is 13.6 Å². The molecule has 0 aliphatic heterocycles. The monoisotopic (exact) mass is 268 g/mol. The van der Waals surface area contributed by atoms with Crippen LogP contribution < -0.4 is 11.1 Å². The molecule has 7 nitrogen and oxygen atoms in total. The normalized spacial score (nSPS) is 11.2. The highest BCUT2D eigenvalue weighted by molar-refractivity contribution is 5.92. The lowest BCUT2D eigenvalue weighted by Crippen LogP contribution is -2.37. The third kappa shape index (κ3) is 3.24. The lowest BCUT2D eigenvalue weighted by Gasteiger charge is -2.23. The van der Waals surface area contributed by atoms with Crippen LogP contribution in [-0.2, 0) is 16.1 Å². The molecule has 1 aromatic rings. The maximum atomic E-state index is 11.7. The van der Waals surface area contributed by atoms with Crippen LogP contribution in [0.5, 0.6) is 0 Å². The smallest absolute Gasteiger partial charge is 0.360 e. The van der Waals surface area contributed by atoms with Gasteiger partial charge < -0.3 is 20.4 Å². The quantitative estimate of drug-likeness (QED) is 0.754. The van der Waals surface area contributed by atoms with E-state index in [1.165, 1.54) is 6.33 Å². The van der Waals surface area contributed by atoms with Crippen LogP contribution in [0, 0.1) is 5.41 Å². The molecule has 3 N–H and O–H groups in total. The van der Waals surface area contributed by atoms with Crippen LogP contribution >= 0.6 is 0 Å². The minimum atomic E-state index is -0.657. The average Bonchev–Trinajstić information content (AvgIpc) is 2.69. The fourth-order valence-corrected chi connectivity index (χ4v) is 1.71. The number of nitrogen functional groups attached to an aromatic ring is 1. The second-order valence-electron chi connectivity index (χ2n) is 4.79. The van der Waals surface area contributed by atoms with E-state index in [-0.39, 0.29) is 24.0 Å². The summed E-state index contributed by atoms with van der Waals surface area (Å²) in [5.41, 5.74) is 5.27. The Morgan fingerprint density at radius 1 is 1.53 bits per heavy atom. The van der Waals surface area contributed by atoms with Crippen molar-refractivity contribution in [3.8, 4) is 0 Å². The zero-order valence-electron chi connectivity index (χ0n) is 11.7. The van der Waals surface area contributed by atoms with Gasteiger partial charge in [-0.3, -0.25) is 4.79 Å². The number of nitrogens with two attached hydrogens (primary N) is 1. The van der Waals surface area contributed by atoms with Crippen molar-refractivity contribution in [1.29, 1.82) is 0 Å². The maximum Gasteiger partial charge on any atom is 0.360 e. The molecular formula is C12H20N4O3. The van der Waals surface area contributed by atoms with Crippen molar-refractivity contribution in [3.63, 3.8) is 0 Å². The molecule has 0 unspecified atom stereocenters. The molecule has 1 aromatic heterocycles. The number of esters is 1. The summed E-state index contributed by atoms with van der Waals surface area (Å²) < 4.78 is 6.42. The Morgan fingerprint density at radius 2 is 2.16 bits per heavy atom. The molecule has 0 aliphatic carbocycles. The number of anilines is 1. The Morgan fingerprint density at radius 3 is 2.68 bits per heavy atom. The largest absolute Gasteiger partial charge is 0.461 e. The predicted octanol–water partition coefficient (Wildman–Crippen LogP) is 0.414. The van der Waals surface area contributed by atoms with E-state index in [0.29, 0.717) is 6.54 Å². The highest BCUT2D eigenvalue weighted by Crippen LogP contribution is 2.22. The second-order valence-corrected chi connectivity index (χ2v) is 4.79. The fraction of sp³-hybridized carbons (Fsp3) is 0.583. The van der Waals surface area contributed by atoms with Crippen LogP contribution in [-0.4, -0.2) is 35.1 Å². The third-order valence-corrected chi connectivity index (χ3v) is 2.75. The molecule has 0 bridgehead atoms. The first-order valence-corrected chi connectivity index (χ1v) is 6.03. The van der Waals surface area contributed by atoms with Gasteiger partial charge in [-0.25, -0.2) is 9.78 Å². The standard InChI is InChI=1S/C12H20N4O3/c1-5-19-10(17)8-9(13)16(7-15-8)6-12(2,3)11(18)14-4/h7H,5-6,13H2,1-4H3,(H,14,18). The summed E-state index contributed by atoms with van der Waals surface area (Å²) in [4.78, 5) is 27.2. The van der Waals surface area contributed by atoms with Crippen molar-refractivity contribution >= 4 is 17.7 Å². The Kier molecular flexibility index (Phi) is 4.52. The number of aromatic nitrogens is 2. The first-order chi connectivity index (χ1) is 8.83. The van der Waals surface area contributed by atoms with Crippen molar-refractivity contribution in [3.05, 3.63) is 12.0 Å². The van der Waals surface area contributed by atoms with Crippen LogP contribution in [0.2, 0.25) is 0 Å². The Hall–Kier alpha value is -2.05. The number of ether oxygens (including phenoxy) is 1. The number of amides is 1. The zero-order valence-corrected chi connectivity index (χ0v) is 11.7. The minimum Gasteiger partial charge on any atom is -0.461 e. The molecule has 0 aromatic carbocycles. The highest BCUT2D eigenvalue weighted by atomic mass is 16.5. The highest BCUT2D eigenvalue weighted by Gasteiger charge is 2.29. The van der Waals surface area contributed by atoms with Crippen molar-refractivity contribution < 1.29 is 14.3 Å². The van der Waals surface area contributed by atoms with Gasteiger partial charge in [0.15, 0.2) is 5.69 Å². The maximum absolute atomic E-state index is 11.7. The van der Waals surface area contributed by atoms with E-state index in [1.807, 2.05) is 0 Å². The number of imidazole rings is 1. The lowest BCUT2D eigenvalue weighted by atomic mass is 9.92. The molecule has 7 heteroatoms. The summed E-state index contributed by atoms with van der Waals surface area (Å²) in [6.45, 7) is 5.87. The van der Waals surface area contributed by atoms with Crippen LogP contribution in [0.4, 0.5) is 5.82 Å². The molecule has 106 valence electrons. The number of rotatable bonds is 5. The van der Waals surface area contributed by atoms with Gasteiger partial charge in [-0.1, -0.05) is 0 Å². The van der Waals surface area contributed by atoms with Crippen LogP contribution in [0.15, 0.2) is 6.33 Å². The van der Waals surface area contributed by atoms with Gasteiger partial charge in [0.2, 0.25) is 5.91 Å². The molecular weight excluding hydrogens is 248 g/mol. The first-order valence-electron chi connectivity index (χ1n) is 6.03. The van der Waals surface area contributed by atoms with Crippen molar-refractivity contribution in [2.24, 2.45) is 5.41 Å². The van der Waals surface area contributed by atoms with Crippen molar-refractivity contribution in [2.75, 3.05) is 19.4 Å². The zero-order chi connectivity index (χ0) is 14.6. The number of carbonyl (C=O) groups is 2. The van der Waals surface area contributed by atoms with Gasteiger partial charge in [0.1, 0.15) is 5.82 Å². The topological polar surface area (TPSA) is 99.2 Å². The molecule has 0 saturated carbocycles. The van der Waals surface area contributed by atoms with E-state index in [2.05, 4.69) is 10.3 Å². The first kappa shape index (κ1) is 15.0. The molecule has 1 amide bonds. The molecule has 19 heavy (non-hydrogen) atoms. The molecule has 1 rings (SSSR count). The summed E-state index contributed by atoms with van der Waals surface area (Å²) in [6.07, 6.45) is 1.44. The summed E-state index contributed by atoms with van der Waals surface area (Å²) in [7, 11) is 1.57. The van der Waals surface area contributed by atoms with Crippen molar-refractivity contribution in [2.45, 2.75) is 27.3 Å². The molecule has 0 spiro atoms. The van der Waals surface area contributed by atoms with Crippen LogP contribution in [0.3, 0.4) is 0 Å². The minimum absolute atomic E-state index is 0.0783. The summed E-state index contributed by atoms with van der Waals surface area (Å²) >= 11 is 0. The van der Waals surface area contributed by atoms with Gasteiger partial charge in [0.25, 0.3) is 0 Å². The van der Waals surface area contributed by atoms with Gasteiger partial charge >= 0.3 is 5.97 Å². The third-order valence-electron chi connectivity index (χ3n) is 2.75. The molecule has 0 atom stereocenters. The van der Waals surface area contributed by atoms with E-state index in [9.17, 15) is 9.59 Å².